The maximum Gasteiger partial charge on any atom is 0.255 e. The van der Waals surface area contributed by atoms with E-state index >= 15 is 0 Å². The number of nitrogens with zero attached hydrogens (tertiary/aromatic N) is 3. The van der Waals surface area contributed by atoms with Crippen LogP contribution in [-0.4, -0.2) is 32.4 Å². The lowest BCUT2D eigenvalue weighted by molar-refractivity contribution is -0.113. The molecule has 1 aliphatic heterocycles. The number of anilines is 2. The van der Waals surface area contributed by atoms with E-state index in [4.69, 9.17) is 5.11 Å². The van der Waals surface area contributed by atoms with Crippen molar-refractivity contribution in [2.75, 3.05) is 17.2 Å². The van der Waals surface area contributed by atoms with Gasteiger partial charge in [0.25, 0.3) is 5.91 Å². The summed E-state index contributed by atoms with van der Waals surface area (Å²) in [7, 11) is 0. The molecule has 1 aromatic carbocycles. The molecule has 29 heavy (non-hydrogen) atoms. The van der Waals surface area contributed by atoms with Gasteiger partial charge >= 0.3 is 0 Å². The Kier molecular flexibility index (Phi) is 5.46. The molecule has 3 heterocycles. The molecule has 0 radical (unpaired) electrons. The van der Waals surface area contributed by atoms with Gasteiger partial charge in [-0.25, -0.2) is 4.68 Å². The van der Waals surface area contributed by atoms with Gasteiger partial charge in [-0.2, -0.15) is 10.1 Å². The van der Waals surface area contributed by atoms with E-state index in [1.807, 2.05) is 55.6 Å². The molecule has 7 nitrogen and oxygen atoms in total. The number of nitrogens with one attached hydrogen (secondary N) is 2. The standard InChI is InChI=1S/C21H23N5O2S/c1-13-10-12-29-19(13)18-17(20(28)23-15-7-4-3-5-8-15)14(2)22-21-24-16(9-6-11-27)25-26(18)21/h3-5,7-8,10,12,18,27H,6,9,11H2,1-2H3,(H,23,28)(H,22,24,25). The number of benzene rings is 1. The number of aryl methyl sites for hydroxylation is 2. The SMILES string of the molecule is CC1=C(C(=O)Nc2ccccc2)C(c2sccc2C)n2nc(CCCO)nc2N1. The van der Waals surface area contributed by atoms with E-state index in [1.54, 1.807) is 16.0 Å². The molecule has 1 aliphatic rings. The number of amides is 1. The molecular formula is C21H23N5O2S. The molecule has 0 fully saturated rings. The Morgan fingerprint density at radius 1 is 1.28 bits per heavy atom. The monoisotopic (exact) mass is 409 g/mol. The fraction of sp³-hybridized carbons (Fsp3) is 0.286. The predicted octanol–water partition coefficient (Wildman–Crippen LogP) is 3.50. The summed E-state index contributed by atoms with van der Waals surface area (Å²) < 4.78 is 1.79. The summed E-state index contributed by atoms with van der Waals surface area (Å²) in [5.74, 6) is 1.10. The van der Waals surface area contributed by atoms with Crippen molar-refractivity contribution >= 4 is 28.9 Å². The summed E-state index contributed by atoms with van der Waals surface area (Å²) in [5, 5.41) is 22.1. The molecule has 8 heteroatoms. The van der Waals surface area contributed by atoms with Crippen molar-refractivity contribution < 1.29 is 9.90 Å². The molecule has 3 aromatic rings. The Morgan fingerprint density at radius 2 is 2.07 bits per heavy atom. The minimum atomic E-state index is -0.356. The molecule has 0 bridgehead atoms. The number of carbonyl (C=O) groups excluding carboxylic acids is 1. The van der Waals surface area contributed by atoms with Crippen LogP contribution in [0.4, 0.5) is 11.6 Å². The highest BCUT2D eigenvalue weighted by molar-refractivity contribution is 7.10. The highest BCUT2D eigenvalue weighted by atomic mass is 32.1. The number of aliphatic hydroxyl groups excluding tert-OH is 1. The highest BCUT2D eigenvalue weighted by Crippen LogP contribution is 2.39. The summed E-state index contributed by atoms with van der Waals surface area (Å²) >= 11 is 1.61. The van der Waals surface area contributed by atoms with Crippen molar-refractivity contribution in [1.82, 2.24) is 14.8 Å². The normalized spacial score (nSPS) is 15.8. The molecular weight excluding hydrogens is 386 g/mol. The molecule has 1 amide bonds. The summed E-state index contributed by atoms with van der Waals surface area (Å²) in [5.41, 5.74) is 3.22. The number of hydrogen-bond acceptors (Lipinski definition) is 6. The number of allylic oxidation sites excluding steroid dienone is 1. The first-order valence-electron chi connectivity index (χ1n) is 9.53. The van der Waals surface area contributed by atoms with E-state index in [0.29, 0.717) is 30.2 Å². The maximum atomic E-state index is 13.3. The predicted molar refractivity (Wildman–Crippen MR) is 114 cm³/mol. The van der Waals surface area contributed by atoms with Crippen LogP contribution in [0, 0.1) is 6.92 Å². The van der Waals surface area contributed by atoms with Crippen LogP contribution in [-0.2, 0) is 11.2 Å². The van der Waals surface area contributed by atoms with Gasteiger partial charge in [0, 0.05) is 29.3 Å². The molecule has 150 valence electrons. The first-order chi connectivity index (χ1) is 14.1. The largest absolute Gasteiger partial charge is 0.396 e. The number of aliphatic hydroxyl groups is 1. The average Bonchev–Trinajstić information content (AvgIpc) is 3.31. The second kappa shape index (κ2) is 8.18. The minimum absolute atomic E-state index is 0.0901. The summed E-state index contributed by atoms with van der Waals surface area (Å²) in [6, 6.07) is 11.1. The summed E-state index contributed by atoms with van der Waals surface area (Å²) in [4.78, 5) is 18.9. The molecule has 4 rings (SSSR count). The van der Waals surface area contributed by atoms with Crippen LogP contribution in [0.25, 0.3) is 0 Å². The topological polar surface area (TPSA) is 92.1 Å². The number of rotatable bonds is 6. The number of carbonyl (C=O) groups is 1. The van der Waals surface area contributed by atoms with Crippen molar-refractivity contribution in [2.45, 2.75) is 32.7 Å². The fourth-order valence-electron chi connectivity index (χ4n) is 3.46. The zero-order valence-electron chi connectivity index (χ0n) is 16.3. The van der Waals surface area contributed by atoms with Crippen molar-refractivity contribution in [2.24, 2.45) is 0 Å². The Morgan fingerprint density at radius 3 is 2.76 bits per heavy atom. The molecule has 1 unspecified atom stereocenters. The zero-order valence-corrected chi connectivity index (χ0v) is 17.2. The molecule has 0 aliphatic carbocycles. The van der Waals surface area contributed by atoms with Crippen LogP contribution >= 0.6 is 11.3 Å². The highest BCUT2D eigenvalue weighted by Gasteiger charge is 2.35. The summed E-state index contributed by atoms with van der Waals surface area (Å²) in [6.07, 6.45) is 1.18. The first-order valence-corrected chi connectivity index (χ1v) is 10.4. The van der Waals surface area contributed by atoms with Crippen LogP contribution in [0.3, 0.4) is 0 Å². The van der Waals surface area contributed by atoms with E-state index in [2.05, 4.69) is 20.7 Å². The number of hydrogen-bond donors (Lipinski definition) is 3. The third kappa shape index (κ3) is 3.81. The maximum absolute atomic E-state index is 13.3. The zero-order chi connectivity index (χ0) is 20.4. The van der Waals surface area contributed by atoms with Gasteiger partial charge in [-0.3, -0.25) is 4.79 Å². The van der Waals surface area contributed by atoms with E-state index in [-0.39, 0.29) is 18.6 Å². The molecule has 2 aromatic heterocycles. The van der Waals surface area contributed by atoms with Gasteiger partial charge in [0.15, 0.2) is 5.82 Å². The van der Waals surface area contributed by atoms with Gasteiger partial charge < -0.3 is 15.7 Å². The Hall–Kier alpha value is -2.97. The van der Waals surface area contributed by atoms with Gasteiger partial charge in [0.2, 0.25) is 5.95 Å². The number of para-hydroxylation sites is 1. The summed E-state index contributed by atoms with van der Waals surface area (Å²) in [6.45, 7) is 4.02. The van der Waals surface area contributed by atoms with E-state index in [9.17, 15) is 4.79 Å². The quantitative estimate of drug-likeness (QED) is 0.580. The second-order valence-corrected chi connectivity index (χ2v) is 7.93. The van der Waals surface area contributed by atoms with Crippen LogP contribution in [0.15, 0.2) is 53.0 Å². The van der Waals surface area contributed by atoms with Crippen LogP contribution < -0.4 is 10.6 Å². The first kappa shape index (κ1) is 19.4. The number of thiophene rings is 1. The smallest absolute Gasteiger partial charge is 0.255 e. The number of aromatic nitrogens is 3. The van der Waals surface area contributed by atoms with E-state index < -0.39 is 0 Å². The lowest BCUT2D eigenvalue weighted by Gasteiger charge is -2.28. The van der Waals surface area contributed by atoms with Gasteiger partial charge in [0.1, 0.15) is 6.04 Å². The van der Waals surface area contributed by atoms with Gasteiger partial charge in [-0.1, -0.05) is 18.2 Å². The van der Waals surface area contributed by atoms with Crippen molar-refractivity contribution in [1.29, 1.82) is 0 Å². The lowest BCUT2D eigenvalue weighted by Crippen LogP contribution is -2.31. The Balaban J connectivity index is 1.75. The minimum Gasteiger partial charge on any atom is -0.396 e. The van der Waals surface area contributed by atoms with E-state index in [0.717, 1.165) is 21.8 Å². The van der Waals surface area contributed by atoms with Crippen LogP contribution in [0.5, 0.6) is 0 Å². The van der Waals surface area contributed by atoms with Crippen LogP contribution in [0.1, 0.15) is 35.7 Å². The second-order valence-electron chi connectivity index (χ2n) is 6.98. The van der Waals surface area contributed by atoms with Gasteiger partial charge in [0.05, 0.1) is 5.57 Å². The number of fused-ring (bicyclic) bond motifs is 1. The van der Waals surface area contributed by atoms with Crippen molar-refractivity contribution in [3.8, 4) is 0 Å². The third-order valence-corrected chi connectivity index (χ3v) is 5.95. The van der Waals surface area contributed by atoms with E-state index in [1.165, 1.54) is 0 Å². The van der Waals surface area contributed by atoms with Crippen molar-refractivity contribution in [3.63, 3.8) is 0 Å². The third-order valence-electron chi connectivity index (χ3n) is 4.88. The average molecular weight is 410 g/mol. The molecule has 0 saturated heterocycles. The van der Waals surface area contributed by atoms with Gasteiger partial charge in [-0.15, -0.1) is 11.3 Å². The van der Waals surface area contributed by atoms with Gasteiger partial charge in [-0.05, 0) is 49.4 Å². The van der Waals surface area contributed by atoms with Crippen LogP contribution in [0.2, 0.25) is 0 Å². The lowest BCUT2D eigenvalue weighted by atomic mass is 9.99. The molecule has 0 saturated carbocycles. The Labute approximate surface area is 173 Å². The fourth-order valence-corrected chi connectivity index (χ4v) is 4.48. The van der Waals surface area contributed by atoms with Crippen molar-refractivity contribution in [3.05, 3.63) is 69.3 Å². The molecule has 1 atom stereocenters. The molecule has 0 spiro atoms. The molecule has 3 N–H and O–H groups in total. The Bertz CT molecular complexity index is 1050.